The first-order chi connectivity index (χ1) is 7.20. The van der Waals surface area contributed by atoms with Crippen molar-refractivity contribution in [2.24, 2.45) is 0 Å². The molecular weight excluding hydrogens is 210 g/mol. The van der Waals surface area contributed by atoms with E-state index in [-0.39, 0.29) is 5.78 Å². The first-order valence-corrected chi connectivity index (χ1v) is 5.59. The third-order valence-electron chi connectivity index (χ3n) is 2.07. The van der Waals surface area contributed by atoms with Gasteiger partial charge < -0.3 is 0 Å². The Morgan fingerprint density at radius 1 is 1.60 bits per heavy atom. The molecule has 0 atom stereocenters. The Hall–Kier alpha value is -1.49. The summed E-state index contributed by atoms with van der Waals surface area (Å²) in [6.07, 6.45) is 4.69. The average Bonchev–Trinajstić information content (AvgIpc) is 2.86. The van der Waals surface area contributed by atoms with Crippen molar-refractivity contribution in [2.45, 2.75) is 20.3 Å². The molecule has 2 heterocycles. The van der Waals surface area contributed by atoms with E-state index in [1.807, 2.05) is 17.8 Å². The monoisotopic (exact) mass is 221 g/mol. The Morgan fingerprint density at radius 3 is 2.93 bits per heavy atom. The van der Waals surface area contributed by atoms with Gasteiger partial charge in [-0.1, -0.05) is 6.92 Å². The standard InChI is InChI=1S/C10H11N3OS/c1-3-8-4-11-13(5-8)9-6-15-10(12-9)7(2)14/h4-6H,3H2,1-2H3. The van der Waals surface area contributed by atoms with Crippen molar-refractivity contribution in [1.82, 2.24) is 14.8 Å². The summed E-state index contributed by atoms with van der Waals surface area (Å²) in [4.78, 5) is 15.3. The van der Waals surface area contributed by atoms with Gasteiger partial charge in [-0.15, -0.1) is 11.3 Å². The lowest BCUT2D eigenvalue weighted by Gasteiger charge is -1.92. The van der Waals surface area contributed by atoms with E-state index in [0.29, 0.717) is 10.8 Å². The third kappa shape index (κ3) is 1.97. The predicted molar refractivity (Wildman–Crippen MR) is 58.6 cm³/mol. The van der Waals surface area contributed by atoms with Gasteiger partial charge >= 0.3 is 0 Å². The van der Waals surface area contributed by atoms with Crippen molar-refractivity contribution in [2.75, 3.05) is 0 Å². The molecule has 0 spiro atoms. The largest absolute Gasteiger partial charge is 0.292 e. The van der Waals surface area contributed by atoms with Crippen LogP contribution >= 0.6 is 11.3 Å². The highest BCUT2D eigenvalue weighted by Gasteiger charge is 2.08. The average molecular weight is 221 g/mol. The van der Waals surface area contributed by atoms with Gasteiger partial charge in [0.1, 0.15) is 0 Å². The highest BCUT2D eigenvalue weighted by atomic mass is 32.1. The zero-order chi connectivity index (χ0) is 10.8. The number of hydrogen-bond acceptors (Lipinski definition) is 4. The van der Waals surface area contributed by atoms with Crippen molar-refractivity contribution < 1.29 is 4.79 Å². The molecular formula is C10H11N3OS. The highest BCUT2D eigenvalue weighted by Crippen LogP contribution is 2.14. The number of thiazole rings is 1. The molecule has 0 radical (unpaired) electrons. The molecule has 0 saturated heterocycles. The molecule has 0 fully saturated rings. The van der Waals surface area contributed by atoms with E-state index in [0.717, 1.165) is 12.0 Å². The van der Waals surface area contributed by atoms with Crippen molar-refractivity contribution in [1.29, 1.82) is 0 Å². The van der Waals surface area contributed by atoms with Crippen LogP contribution in [0.4, 0.5) is 0 Å². The molecule has 5 heteroatoms. The number of carbonyl (C=O) groups is 1. The highest BCUT2D eigenvalue weighted by molar-refractivity contribution is 7.11. The van der Waals surface area contributed by atoms with Crippen LogP contribution in [0.15, 0.2) is 17.8 Å². The van der Waals surface area contributed by atoms with Crippen LogP contribution in [-0.4, -0.2) is 20.5 Å². The second kappa shape index (κ2) is 3.94. The minimum absolute atomic E-state index is 0.00544. The summed E-state index contributed by atoms with van der Waals surface area (Å²) in [7, 11) is 0. The maximum Gasteiger partial charge on any atom is 0.188 e. The Labute approximate surface area is 91.6 Å². The maximum absolute atomic E-state index is 11.1. The Kier molecular flexibility index (Phi) is 2.64. The second-order valence-corrected chi connectivity index (χ2v) is 4.07. The zero-order valence-corrected chi connectivity index (χ0v) is 9.41. The maximum atomic E-state index is 11.1. The summed E-state index contributed by atoms with van der Waals surface area (Å²) < 4.78 is 1.70. The van der Waals surface area contributed by atoms with E-state index in [1.54, 1.807) is 4.68 Å². The number of carbonyl (C=O) groups excluding carboxylic acids is 1. The smallest absolute Gasteiger partial charge is 0.188 e. The molecule has 0 amide bonds. The molecule has 78 valence electrons. The van der Waals surface area contributed by atoms with Gasteiger partial charge in [-0.05, 0) is 12.0 Å². The Morgan fingerprint density at radius 2 is 2.40 bits per heavy atom. The topological polar surface area (TPSA) is 47.8 Å². The predicted octanol–water partition coefficient (Wildman–Crippen LogP) is 2.09. The van der Waals surface area contributed by atoms with Crippen LogP contribution in [0, 0.1) is 0 Å². The van der Waals surface area contributed by atoms with Gasteiger partial charge in [-0.2, -0.15) is 5.10 Å². The molecule has 0 bridgehead atoms. The second-order valence-electron chi connectivity index (χ2n) is 3.21. The lowest BCUT2D eigenvalue weighted by atomic mass is 10.3. The van der Waals surface area contributed by atoms with E-state index >= 15 is 0 Å². The molecule has 2 aromatic heterocycles. The molecule has 0 aliphatic rings. The van der Waals surface area contributed by atoms with Crippen LogP contribution in [0.5, 0.6) is 0 Å². The molecule has 15 heavy (non-hydrogen) atoms. The minimum atomic E-state index is -0.00544. The normalized spacial score (nSPS) is 10.5. The van der Waals surface area contributed by atoms with Gasteiger partial charge in [-0.3, -0.25) is 4.79 Å². The zero-order valence-electron chi connectivity index (χ0n) is 8.60. The van der Waals surface area contributed by atoms with Crippen molar-refractivity contribution >= 4 is 17.1 Å². The number of nitrogens with zero attached hydrogens (tertiary/aromatic N) is 3. The summed E-state index contributed by atoms with van der Waals surface area (Å²) >= 11 is 1.35. The third-order valence-corrected chi connectivity index (χ3v) is 3.00. The Balaban J connectivity index is 2.32. The quantitative estimate of drug-likeness (QED) is 0.746. The molecule has 0 saturated carbocycles. The molecule has 2 rings (SSSR count). The van der Waals surface area contributed by atoms with Crippen LogP contribution in [0.2, 0.25) is 0 Å². The summed E-state index contributed by atoms with van der Waals surface area (Å²) in [5.74, 6) is 0.707. The van der Waals surface area contributed by atoms with Crippen LogP contribution in [-0.2, 0) is 6.42 Å². The van der Waals surface area contributed by atoms with Gasteiger partial charge in [0.15, 0.2) is 16.6 Å². The molecule has 0 aliphatic carbocycles. The lowest BCUT2D eigenvalue weighted by molar-refractivity contribution is 0.101. The van der Waals surface area contributed by atoms with E-state index in [4.69, 9.17) is 0 Å². The number of hydrogen-bond donors (Lipinski definition) is 0. The van der Waals surface area contributed by atoms with Gasteiger partial charge in [-0.25, -0.2) is 9.67 Å². The fourth-order valence-electron chi connectivity index (χ4n) is 1.20. The number of Topliss-reactive ketones (excluding diaryl/α,β-unsaturated/α-hetero) is 1. The Bertz CT molecular complexity index is 486. The van der Waals surface area contributed by atoms with Gasteiger partial charge in [0, 0.05) is 18.5 Å². The fraction of sp³-hybridized carbons (Fsp3) is 0.300. The van der Waals surface area contributed by atoms with Gasteiger partial charge in [0.25, 0.3) is 0 Å². The molecule has 0 aliphatic heterocycles. The number of aryl methyl sites for hydroxylation is 1. The molecule has 0 aromatic carbocycles. The van der Waals surface area contributed by atoms with Crippen molar-refractivity contribution in [3.8, 4) is 5.82 Å². The molecule has 4 nitrogen and oxygen atoms in total. The van der Waals surface area contributed by atoms with E-state index in [9.17, 15) is 4.79 Å². The first-order valence-electron chi connectivity index (χ1n) is 4.71. The fourth-order valence-corrected chi connectivity index (χ4v) is 1.89. The van der Waals surface area contributed by atoms with Crippen molar-refractivity contribution in [3.63, 3.8) is 0 Å². The molecule has 0 N–H and O–H groups in total. The minimum Gasteiger partial charge on any atom is -0.292 e. The molecule has 0 unspecified atom stereocenters. The van der Waals surface area contributed by atoms with Crippen molar-refractivity contribution in [3.05, 3.63) is 28.3 Å². The van der Waals surface area contributed by atoms with Gasteiger partial charge in [0.2, 0.25) is 0 Å². The van der Waals surface area contributed by atoms with Crippen LogP contribution < -0.4 is 0 Å². The number of ketones is 1. The first kappa shape index (κ1) is 10.0. The van der Waals surface area contributed by atoms with E-state index in [1.165, 1.54) is 18.3 Å². The van der Waals surface area contributed by atoms with Gasteiger partial charge in [0.05, 0.1) is 6.20 Å². The summed E-state index contributed by atoms with van der Waals surface area (Å²) in [6, 6.07) is 0. The summed E-state index contributed by atoms with van der Waals surface area (Å²) in [5.41, 5.74) is 1.16. The summed E-state index contributed by atoms with van der Waals surface area (Å²) in [6.45, 7) is 3.59. The SMILES string of the molecule is CCc1cnn(-c2csc(C(C)=O)n2)c1. The van der Waals surface area contributed by atoms with E-state index < -0.39 is 0 Å². The lowest BCUT2D eigenvalue weighted by Crippen LogP contribution is -1.96. The van der Waals surface area contributed by atoms with Crippen LogP contribution in [0.1, 0.15) is 29.2 Å². The number of rotatable bonds is 3. The number of aromatic nitrogens is 3. The molecule has 2 aromatic rings. The van der Waals surface area contributed by atoms with Crippen LogP contribution in [0.25, 0.3) is 5.82 Å². The summed E-state index contributed by atoms with van der Waals surface area (Å²) in [5, 5.41) is 6.54. The van der Waals surface area contributed by atoms with Crippen LogP contribution in [0.3, 0.4) is 0 Å². The van der Waals surface area contributed by atoms with E-state index in [2.05, 4.69) is 17.0 Å².